The van der Waals surface area contributed by atoms with E-state index in [1.54, 1.807) is 0 Å². The fourth-order valence-corrected chi connectivity index (χ4v) is 13.9. The summed E-state index contributed by atoms with van der Waals surface area (Å²) in [6.45, 7) is 9.01. The summed E-state index contributed by atoms with van der Waals surface area (Å²) >= 11 is 0. The van der Waals surface area contributed by atoms with Crippen LogP contribution in [0.4, 0.5) is 34.1 Å². The van der Waals surface area contributed by atoms with Gasteiger partial charge in [0.15, 0.2) is 0 Å². The molecule has 0 aliphatic heterocycles. The first-order chi connectivity index (χ1) is 42.3. The van der Waals surface area contributed by atoms with Gasteiger partial charge >= 0.3 is 0 Å². The average Bonchev–Trinajstić information content (AvgIpc) is 1.62. The zero-order chi connectivity index (χ0) is 57.3. The Balaban J connectivity index is 0.881. The second-order valence-corrected chi connectivity index (χ2v) is 23.6. The number of hydrogen-bond donors (Lipinski definition) is 0. The molecule has 6 nitrogen and oxygen atoms in total. The molecule has 0 unspecified atom stereocenters. The normalized spacial score (nSPS) is 12.2. The molecule has 410 valence electrons. The molecule has 0 radical (unpaired) electrons. The van der Waals surface area contributed by atoms with E-state index in [1.165, 1.54) is 43.7 Å². The van der Waals surface area contributed by atoms with E-state index in [1.807, 2.05) is 0 Å². The third-order valence-electron chi connectivity index (χ3n) is 18.0. The molecule has 0 aliphatic rings. The van der Waals surface area contributed by atoms with Crippen LogP contribution in [0.25, 0.3) is 120 Å². The van der Waals surface area contributed by atoms with Crippen LogP contribution in [0.3, 0.4) is 0 Å². The summed E-state index contributed by atoms with van der Waals surface area (Å²) in [5, 5.41) is 13.3. The summed E-state index contributed by atoms with van der Waals surface area (Å²) in [5.74, 6) is 0.781. The molecule has 0 amide bonds. The first-order valence-corrected chi connectivity index (χ1v) is 30.0. The Morgan fingerprint density at radius 3 is 1.15 bits per heavy atom. The summed E-state index contributed by atoms with van der Waals surface area (Å²) in [5.41, 5.74) is 19.0. The minimum Gasteiger partial charge on any atom is -0.456 e. The first kappa shape index (κ1) is 49.8. The SMILES string of the molecule is CC(C)c1ccc(N(c2ccc3c(c2)c2ccccc2n3-c2ccccc2)c2cc3oc4c(ccc5oc6cc(N(c7ccc(C(C)C)cc7)c7ccc8c(c7)c7ccccc7n8-c7ccccc7)c7ccccc7c6c54)c3c3ccccc23)cc1. The van der Waals surface area contributed by atoms with Gasteiger partial charge in [-0.2, -0.15) is 0 Å². The maximum absolute atomic E-state index is 7.44. The van der Waals surface area contributed by atoms with Crippen LogP contribution in [0.5, 0.6) is 0 Å². The highest BCUT2D eigenvalue weighted by Crippen LogP contribution is 2.51. The molecule has 4 heterocycles. The second kappa shape index (κ2) is 19.4. The average molecular weight is 1110 g/mol. The van der Waals surface area contributed by atoms with Gasteiger partial charge < -0.3 is 27.8 Å². The van der Waals surface area contributed by atoms with Crippen LogP contribution in [0, 0.1) is 0 Å². The van der Waals surface area contributed by atoms with Crippen molar-refractivity contribution in [2.45, 2.75) is 39.5 Å². The lowest BCUT2D eigenvalue weighted by Crippen LogP contribution is -2.11. The van der Waals surface area contributed by atoms with Gasteiger partial charge in [-0.1, -0.05) is 173 Å². The lowest BCUT2D eigenvalue weighted by atomic mass is 9.97. The van der Waals surface area contributed by atoms with Crippen molar-refractivity contribution in [2.75, 3.05) is 9.80 Å². The van der Waals surface area contributed by atoms with Crippen molar-refractivity contribution in [3.8, 4) is 11.4 Å². The van der Waals surface area contributed by atoms with Gasteiger partial charge in [0, 0.05) is 94.7 Å². The number of fused-ring (bicyclic) bond motifs is 17. The minimum absolute atomic E-state index is 0.390. The maximum atomic E-state index is 7.44. The Hall–Kier alpha value is -10.8. The number of hydrogen-bond acceptors (Lipinski definition) is 4. The van der Waals surface area contributed by atoms with Crippen molar-refractivity contribution >= 4 is 143 Å². The number of nitrogens with zero attached hydrogens (tertiary/aromatic N) is 4. The van der Waals surface area contributed by atoms with Crippen LogP contribution in [-0.2, 0) is 0 Å². The summed E-state index contributed by atoms with van der Waals surface area (Å²) in [7, 11) is 0. The van der Waals surface area contributed by atoms with Crippen molar-refractivity contribution in [1.29, 1.82) is 0 Å². The number of benzene rings is 13. The Kier molecular flexibility index (Phi) is 11.2. The largest absolute Gasteiger partial charge is 0.456 e. The third kappa shape index (κ3) is 7.59. The molecule has 0 fully saturated rings. The Labute approximate surface area is 497 Å². The molecule has 0 aliphatic carbocycles. The van der Waals surface area contributed by atoms with Gasteiger partial charge in [-0.05, 0) is 143 Å². The van der Waals surface area contributed by atoms with Gasteiger partial charge in [0.1, 0.15) is 22.3 Å². The predicted molar refractivity (Wildman–Crippen MR) is 362 cm³/mol. The zero-order valence-electron chi connectivity index (χ0n) is 48.2. The molecule has 17 aromatic rings. The van der Waals surface area contributed by atoms with E-state index in [2.05, 4.69) is 314 Å². The van der Waals surface area contributed by atoms with E-state index in [0.29, 0.717) is 11.8 Å². The molecule has 0 saturated carbocycles. The van der Waals surface area contributed by atoms with E-state index >= 15 is 0 Å². The topological polar surface area (TPSA) is 42.6 Å². The molecule has 13 aromatic carbocycles. The smallest absolute Gasteiger partial charge is 0.147 e. The van der Waals surface area contributed by atoms with Crippen LogP contribution >= 0.6 is 0 Å². The zero-order valence-corrected chi connectivity index (χ0v) is 48.2. The van der Waals surface area contributed by atoms with E-state index < -0.39 is 0 Å². The molecule has 86 heavy (non-hydrogen) atoms. The number of anilines is 6. The Morgan fingerprint density at radius 2 is 0.674 bits per heavy atom. The van der Waals surface area contributed by atoms with Crippen molar-refractivity contribution in [1.82, 2.24) is 9.13 Å². The molecular weight excluding hydrogens is 1050 g/mol. The van der Waals surface area contributed by atoms with E-state index in [-0.39, 0.29) is 0 Å². The van der Waals surface area contributed by atoms with Crippen molar-refractivity contribution in [3.63, 3.8) is 0 Å². The van der Waals surface area contributed by atoms with Gasteiger partial charge in [-0.15, -0.1) is 0 Å². The second-order valence-electron chi connectivity index (χ2n) is 23.6. The highest BCUT2D eigenvalue weighted by atomic mass is 16.3. The van der Waals surface area contributed by atoms with Gasteiger partial charge in [0.25, 0.3) is 0 Å². The third-order valence-corrected chi connectivity index (χ3v) is 18.0. The number of furan rings is 2. The monoisotopic (exact) mass is 1110 g/mol. The fourth-order valence-electron chi connectivity index (χ4n) is 13.9. The minimum atomic E-state index is 0.390. The highest BCUT2D eigenvalue weighted by molar-refractivity contribution is 6.32. The van der Waals surface area contributed by atoms with E-state index in [4.69, 9.17) is 8.83 Å². The Morgan fingerprint density at radius 1 is 0.279 bits per heavy atom. The van der Waals surface area contributed by atoms with Crippen LogP contribution in [0.15, 0.2) is 276 Å². The lowest BCUT2D eigenvalue weighted by molar-refractivity contribution is 0.663. The van der Waals surface area contributed by atoms with E-state index in [9.17, 15) is 0 Å². The van der Waals surface area contributed by atoms with Crippen LogP contribution in [-0.4, -0.2) is 9.13 Å². The lowest BCUT2D eigenvalue weighted by Gasteiger charge is -2.27. The van der Waals surface area contributed by atoms with Crippen molar-refractivity contribution in [2.24, 2.45) is 0 Å². The maximum Gasteiger partial charge on any atom is 0.147 e. The number of rotatable bonds is 10. The first-order valence-electron chi connectivity index (χ1n) is 30.0. The van der Waals surface area contributed by atoms with Crippen LogP contribution in [0.1, 0.15) is 50.7 Å². The number of para-hydroxylation sites is 4. The van der Waals surface area contributed by atoms with Crippen molar-refractivity contribution < 1.29 is 8.83 Å². The Bertz CT molecular complexity index is 5530. The van der Waals surface area contributed by atoms with E-state index in [0.717, 1.165) is 122 Å². The molecule has 0 N–H and O–H groups in total. The molecule has 0 spiro atoms. The molecule has 4 aromatic heterocycles. The predicted octanol–water partition coefficient (Wildman–Crippen LogP) is 23.2. The molecule has 0 bridgehead atoms. The van der Waals surface area contributed by atoms with Crippen molar-refractivity contribution in [3.05, 3.63) is 278 Å². The quantitative estimate of drug-likeness (QED) is 0.137. The number of aromatic nitrogens is 2. The van der Waals surface area contributed by atoms with Gasteiger partial charge in [-0.3, -0.25) is 0 Å². The molecule has 0 saturated heterocycles. The fraction of sp³-hybridized carbons (Fsp3) is 0.0750. The molecule has 17 rings (SSSR count). The van der Waals surface area contributed by atoms with Crippen LogP contribution in [0.2, 0.25) is 0 Å². The molecular formula is C80H58N4O2. The van der Waals surface area contributed by atoms with Gasteiger partial charge in [-0.25, -0.2) is 0 Å². The van der Waals surface area contributed by atoms with Gasteiger partial charge in [0.05, 0.1) is 38.8 Å². The highest BCUT2D eigenvalue weighted by Gasteiger charge is 2.27. The molecule has 6 heteroatoms. The summed E-state index contributed by atoms with van der Waals surface area (Å²) in [6, 6.07) is 97.4. The summed E-state index contributed by atoms with van der Waals surface area (Å²) < 4.78 is 19.3. The summed E-state index contributed by atoms with van der Waals surface area (Å²) in [6.07, 6.45) is 0. The molecule has 0 atom stereocenters. The standard InChI is InChI=1S/C80H58N4O2/c1-49(2)51-31-35-55(36-32-51)81(57-39-42-70-66(45-57)61-25-15-17-29-68(61)83(70)53-19-7-5-8-20-53)72-47-75-77(63-27-13-11-23-59(63)72)65-41-44-74-79(80(65)86-75)78-64-28-14-12-24-60(64)73(48-76(78)85-74)82(56-37-33-52(34-38-56)50(3)4)58-40-43-71-67(46-58)62-26-16-18-30-69(62)84(71)54-21-9-6-10-22-54/h5-50H,1-4H3. The van der Waals surface area contributed by atoms with Crippen LogP contribution < -0.4 is 9.80 Å². The van der Waals surface area contributed by atoms with Gasteiger partial charge in [0.2, 0.25) is 0 Å². The summed E-state index contributed by atoms with van der Waals surface area (Å²) in [4.78, 5) is 4.84.